The number of benzene rings is 1. The second kappa shape index (κ2) is 6.91. The maximum absolute atomic E-state index is 12.1. The Morgan fingerprint density at radius 3 is 2.76 bits per heavy atom. The molecule has 1 aromatic carbocycles. The van der Waals surface area contributed by atoms with Crippen LogP contribution in [0.4, 0.5) is 11.6 Å². The van der Waals surface area contributed by atoms with Crippen LogP contribution in [0.1, 0.15) is 16.1 Å². The summed E-state index contributed by atoms with van der Waals surface area (Å²) in [6, 6.07) is 8.29. The molecule has 0 saturated carbocycles. The van der Waals surface area contributed by atoms with E-state index in [-0.39, 0.29) is 22.4 Å². The molecule has 0 unspecified atom stereocenters. The second-order valence-electron chi connectivity index (χ2n) is 4.96. The van der Waals surface area contributed by atoms with Gasteiger partial charge in [0.1, 0.15) is 5.02 Å². The van der Waals surface area contributed by atoms with Crippen molar-refractivity contribution in [1.82, 2.24) is 20.0 Å². The summed E-state index contributed by atoms with van der Waals surface area (Å²) in [6.07, 6.45) is 1.54. The standard InChI is InChI=1S/C14H10Cl2N6O3/c15-9-4-2-1-3-8(9)6-21-7-10(16)13(20-21)17-14(23)11-5-12(19-18-11)22(24)25/h1-5,7H,6H2,(H,18,19)(H,17,20,23). The third kappa shape index (κ3) is 3.78. The van der Waals surface area contributed by atoms with Crippen LogP contribution >= 0.6 is 23.2 Å². The van der Waals surface area contributed by atoms with Crippen molar-refractivity contribution in [2.45, 2.75) is 6.54 Å². The van der Waals surface area contributed by atoms with Crippen molar-refractivity contribution in [1.29, 1.82) is 0 Å². The smallest absolute Gasteiger partial charge is 0.343 e. The zero-order chi connectivity index (χ0) is 18.0. The first-order valence-corrected chi connectivity index (χ1v) is 7.67. The maximum Gasteiger partial charge on any atom is 0.343 e. The molecule has 25 heavy (non-hydrogen) atoms. The van der Waals surface area contributed by atoms with Crippen LogP contribution in [0.25, 0.3) is 0 Å². The maximum atomic E-state index is 12.1. The van der Waals surface area contributed by atoms with Crippen molar-refractivity contribution in [3.63, 3.8) is 0 Å². The third-order valence-corrected chi connectivity index (χ3v) is 3.88. The van der Waals surface area contributed by atoms with E-state index in [2.05, 4.69) is 20.6 Å². The minimum atomic E-state index is -0.685. The monoisotopic (exact) mass is 380 g/mol. The van der Waals surface area contributed by atoms with Gasteiger partial charge in [0.25, 0.3) is 5.91 Å². The van der Waals surface area contributed by atoms with Crippen LogP contribution in [0.2, 0.25) is 10.0 Å². The quantitative estimate of drug-likeness (QED) is 0.520. The number of carbonyl (C=O) groups excluding carboxylic acids is 1. The average molecular weight is 381 g/mol. The summed E-state index contributed by atoms with van der Waals surface area (Å²) in [5.41, 5.74) is 0.688. The van der Waals surface area contributed by atoms with Crippen molar-refractivity contribution in [2.24, 2.45) is 0 Å². The van der Waals surface area contributed by atoms with E-state index < -0.39 is 10.8 Å². The highest BCUT2D eigenvalue weighted by Gasteiger charge is 2.19. The van der Waals surface area contributed by atoms with Gasteiger partial charge in [-0.2, -0.15) is 5.10 Å². The normalized spacial score (nSPS) is 10.6. The van der Waals surface area contributed by atoms with E-state index in [9.17, 15) is 14.9 Å². The Labute approximate surface area is 150 Å². The van der Waals surface area contributed by atoms with E-state index in [0.717, 1.165) is 11.6 Å². The summed E-state index contributed by atoms with van der Waals surface area (Å²) in [4.78, 5) is 22.0. The predicted octanol–water partition coefficient (Wildman–Crippen LogP) is 3.12. The molecule has 11 heteroatoms. The van der Waals surface area contributed by atoms with E-state index in [1.165, 1.54) is 10.9 Å². The van der Waals surface area contributed by atoms with Crippen molar-refractivity contribution in [3.8, 4) is 0 Å². The molecular formula is C14H10Cl2N6O3. The molecule has 3 rings (SSSR count). The summed E-state index contributed by atoms with van der Waals surface area (Å²) >= 11 is 12.2. The average Bonchev–Trinajstić information content (AvgIpc) is 3.17. The SMILES string of the molecule is O=C(Nc1nn(Cc2ccccc2Cl)cc1Cl)c1cc([N+](=O)[O-])[nH]n1. The Morgan fingerprint density at radius 2 is 2.08 bits per heavy atom. The molecule has 0 radical (unpaired) electrons. The Morgan fingerprint density at radius 1 is 1.32 bits per heavy atom. The molecule has 9 nitrogen and oxygen atoms in total. The van der Waals surface area contributed by atoms with Gasteiger partial charge in [-0.25, -0.2) is 0 Å². The molecule has 128 valence electrons. The number of aromatic amines is 1. The fourth-order valence-electron chi connectivity index (χ4n) is 2.06. The predicted molar refractivity (Wildman–Crippen MR) is 91.0 cm³/mol. The lowest BCUT2D eigenvalue weighted by Gasteiger charge is -2.04. The highest BCUT2D eigenvalue weighted by Crippen LogP contribution is 2.22. The Kier molecular flexibility index (Phi) is 4.68. The number of amides is 1. The Balaban J connectivity index is 1.75. The molecule has 1 amide bonds. The Hall–Kier alpha value is -2.91. The second-order valence-corrected chi connectivity index (χ2v) is 5.78. The van der Waals surface area contributed by atoms with Crippen molar-refractivity contribution in [2.75, 3.05) is 5.32 Å². The molecule has 3 aromatic rings. The Bertz CT molecular complexity index is 952. The number of hydrogen-bond donors (Lipinski definition) is 2. The molecule has 0 fully saturated rings. The van der Waals surface area contributed by atoms with Gasteiger partial charge in [-0.1, -0.05) is 46.5 Å². The van der Waals surface area contributed by atoms with E-state index >= 15 is 0 Å². The van der Waals surface area contributed by atoms with Gasteiger partial charge in [-0.3, -0.25) is 9.48 Å². The molecule has 0 atom stereocenters. The van der Waals surface area contributed by atoms with Gasteiger partial charge in [-0.15, -0.1) is 5.10 Å². The fourth-order valence-corrected chi connectivity index (χ4v) is 2.45. The van der Waals surface area contributed by atoms with Crippen molar-refractivity contribution >= 4 is 40.7 Å². The number of nitrogens with zero attached hydrogens (tertiary/aromatic N) is 4. The first-order chi connectivity index (χ1) is 11.9. The zero-order valence-electron chi connectivity index (χ0n) is 12.4. The van der Waals surface area contributed by atoms with Gasteiger partial charge in [0.15, 0.2) is 11.5 Å². The molecule has 2 heterocycles. The number of nitrogens with one attached hydrogen (secondary N) is 2. The lowest BCUT2D eigenvalue weighted by atomic mass is 10.2. The van der Waals surface area contributed by atoms with Gasteiger partial charge in [0, 0.05) is 11.2 Å². The molecular weight excluding hydrogens is 371 g/mol. The highest BCUT2D eigenvalue weighted by atomic mass is 35.5. The molecule has 0 spiro atoms. The van der Waals surface area contributed by atoms with Crippen molar-refractivity contribution in [3.05, 3.63) is 67.9 Å². The van der Waals surface area contributed by atoms with E-state index in [1.54, 1.807) is 6.07 Å². The number of nitro groups is 1. The fraction of sp³-hybridized carbons (Fsp3) is 0.0714. The summed E-state index contributed by atoms with van der Waals surface area (Å²) in [7, 11) is 0. The van der Waals surface area contributed by atoms with E-state index in [1.807, 2.05) is 18.2 Å². The first kappa shape index (κ1) is 16.9. The number of aromatic nitrogens is 4. The minimum Gasteiger partial charge on any atom is -0.358 e. The first-order valence-electron chi connectivity index (χ1n) is 6.91. The molecule has 2 aromatic heterocycles. The van der Waals surface area contributed by atoms with Crippen LogP contribution < -0.4 is 5.32 Å². The van der Waals surface area contributed by atoms with Gasteiger partial charge in [0.05, 0.1) is 12.6 Å². The third-order valence-electron chi connectivity index (χ3n) is 3.23. The van der Waals surface area contributed by atoms with Gasteiger partial charge >= 0.3 is 5.82 Å². The number of anilines is 1. The number of H-pyrrole nitrogens is 1. The van der Waals surface area contributed by atoms with Crippen LogP contribution in [0, 0.1) is 10.1 Å². The highest BCUT2D eigenvalue weighted by molar-refractivity contribution is 6.33. The summed E-state index contributed by atoms with van der Waals surface area (Å²) in [5.74, 6) is -0.945. The van der Waals surface area contributed by atoms with Gasteiger partial charge in [-0.05, 0) is 16.6 Å². The van der Waals surface area contributed by atoms with Crippen molar-refractivity contribution < 1.29 is 9.72 Å². The van der Waals surface area contributed by atoms with Crippen LogP contribution in [0.5, 0.6) is 0 Å². The van der Waals surface area contributed by atoms with Crippen LogP contribution in [0.15, 0.2) is 36.5 Å². The number of carbonyl (C=O) groups is 1. The molecule has 0 aliphatic rings. The van der Waals surface area contributed by atoms with Crippen LogP contribution in [-0.4, -0.2) is 30.8 Å². The largest absolute Gasteiger partial charge is 0.358 e. The summed E-state index contributed by atoms with van der Waals surface area (Å²) in [5, 5.41) is 23.8. The molecule has 0 bridgehead atoms. The number of hydrogen-bond acceptors (Lipinski definition) is 5. The van der Waals surface area contributed by atoms with Gasteiger partial charge in [0.2, 0.25) is 0 Å². The van der Waals surface area contributed by atoms with Crippen LogP contribution in [-0.2, 0) is 6.54 Å². The van der Waals surface area contributed by atoms with Gasteiger partial charge < -0.3 is 15.4 Å². The zero-order valence-corrected chi connectivity index (χ0v) is 14.0. The van der Waals surface area contributed by atoms with E-state index in [0.29, 0.717) is 11.6 Å². The number of rotatable bonds is 5. The lowest BCUT2D eigenvalue weighted by Crippen LogP contribution is -2.13. The van der Waals surface area contributed by atoms with E-state index in [4.69, 9.17) is 23.2 Å². The molecule has 2 N–H and O–H groups in total. The molecule has 0 aliphatic carbocycles. The molecule has 0 aliphatic heterocycles. The summed E-state index contributed by atoms with van der Waals surface area (Å²) in [6.45, 7) is 0.364. The molecule has 0 saturated heterocycles. The minimum absolute atomic E-state index is 0.115. The summed E-state index contributed by atoms with van der Waals surface area (Å²) < 4.78 is 1.52. The van der Waals surface area contributed by atoms with Crippen LogP contribution in [0.3, 0.4) is 0 Å². The number of halogens is 2. The lowest BCUT2D eigenvalue weighted by molar-refractivity contribution is -0.389. The topological polar surface area (TPSA) is 119 Å².